The predicted molar refractivity (Wildman–Crippen MR) is 167 cm³/mol. The monoisotopic (exact) mass is 582 g/mol. The molecule has 0 amide bonds. The molecule has 0 spiro atoms. The molecule has 1 N–H and O–H groups in total. The number of furan rings is 1. The minimum absolute atomic E-state index is 0.0381. The van der Waals surface area contributed by atoms with Crippen molar-refractivity contribution < 1.29 is 37.9 Å². The van der Waals surface area contributed by atoms with Gasteiger partial charge in [0.2, 0.25) is 0 Å². The van der Waals surface area contributed by atoms with Crippen molar-refractivity contribution in [3.05, 3.63) is 83.9 Å². The Kier molecular flexibility index (Phi) is 8.66. The third kappa shape index (κ3) is 5.77. The fourth-order valence-electron chi connectivity index (χ4n) is 5.08. The Balaban J connectivity index is 1.65. The number of phenols is 1. The number of aromatic hydroxyl groups is 1. The third-order valence-corrected chi connectivity index (χ3v) is 7.22. The van der Waals surface area contributed by atoms with Crippen LogP contribution in [0.1, 0.15) is 11.1 Å². The highest BCUT2D eigenvalue weighted by Gasteiger charge is 2.23. The van der Waals surface area contributed by atoms with Crippen molar-refractivity contribution in [2.75, 3.05) is 42.7 Å². The first-order chi connectivity index (χ1) is 20.9. The Hall–Kier alpha value is -5.24. The first-order valence-electron chi connectivity index (χ1n) is 13.6. The van der Waals surface area contributed by atoms with Crippen molar-refractivity contribution in [1.29, 1.82) is 0 Å². The molecular formula is C35H34O8. The van der Waals surface area contributed by atoms with Crippen molar-refractivity contribution in [3.63, 3.8) is 0 Å². The van der Waals surface area contributed by atoms with Crippen LogP contribution in [0.3, 0.4) is 0 Å². The predicted octanol–water partition coefficient (Wildman–Crippen LogP) is 7.78. The summed E-state index contributed by atoms with van der Waals surface area (Å²) in [5, 5.41) is 11.1. The normalized spacial score (nSPS) is 11.1. The topological polar surface area (TPSA) is 88.8 Å². The van der Waals surface area contributed by atoms with Gasteiger partial charge in [0, 0.05) is 16.5 Å². The standard InChI is InChI=1S/C35H34O8/c1-37-27-14-10-21(17-30(27)40-4)8-7-9-22-16-25-33(23-12-15-28(38-2)31(19-23)41-5)34(43-35(25)32(18-22)42-6)24-11-13-26(36)29(20-24)39-3/h7-8,10-20,36H,9H2,1-6H3/b8-7+. The zero-order chi connectivity index (χ0) is 30.5. The van der Waals surface area contributed by atoms with Gasteiger partial charge in [-0.05, 0) is 77.7 Å². The van der Waals surface area contributed by atoms with E-state index < -0.39 is 0 Å². The molecule has 0 aliphatic heterocycles. The maximum absolute atomic E-state index is 10.2. The van der Waals surface area contributed by atoms with Crippen LogP contribution in [0.4, 0.5) is 0 Å². The van der Waals surface area contributed by atoms with Gasteiger partial charge in [0.05, 0.1) is 42.7 Å². The SMILES string of the molecule is COc1cc(-c2oc3c(OC)cc(C/C=C/c4ccc(OC)c(OC)c4)cc3c2-c2ccc(OC)c(OC)c2)ccc1O. The number of hydrogen-bond acceptors (Lipinski definition) is 8. The van der Waals surface area contributed by atoms with Gasteiger partial charge < -0.3 is 37.9 Å². The van der Waals surface area contributed by atoms with E-state index in [0.29, 0.717) is 52.3 Å². The summed E-state index contributed by atoms with van der Waals surface area (Å²) in [4.78, 5) is 0. The molecule has 0 atom stereocenters. The van der Waals surface area contributed by atoms with Crippen LogP contribution in [0, 0.1) is 0 Å². The van der Waals surface area contributed by atoms with Crippen molar-refractivity contribution in [2.45, 2.75) is 6.42 Å². The molecule has 1 aromatic heterocycles. The van der Waals surface area contributed by atoms with E-state index in [1.54, 1.807) is 53.7 Å². The van der Waals surface area contributed by atoms with Crippen molar-refractivity contribution in [2.24, 2.45) is 0 Å². The number of allylic oxidation sites excluding steroid dienone is 1. The summed E-state index contributed by atoms with van der Waals surface area (Å²) >= 11 is 0. The second-order valence-electron chi connectivity index (χ2n) is 9.66. The molecule has 43 heavy (non-hydrogen) atoms. The Morgan fingerprint density at radius 3 is 1.88 bits per heavy atom. The molecule has 5 rings (SSSR count). The van der Waals surface area contributed by atoms with Crippen LogP contribution in [0.5, 0.6) is 40.2 Å². The second kappa shape index (κ2) is 12.7. The van der Waals surface area contributed by atoms with Gasteiger partial charge >= 0.3 is 0 Å². The van der Waals surface area contributed by atoms with E-state index in [-0.39, 0.29) is 5.75 Å². The van der Waals surface area contributed by atoms with Crippen molar-refractivity contribution in [1.82, 2.24) is 0 Å². The lowest BCUT2D eigenvalue weighted by molar-refractivity contribution is 0.355. The summed E-state index contributed by atoms with van der Waals surface area (Å²) in [6.45, 7) is 0. The number of hydrogen-bond donors (Lipinski definition) is 1. The number of ether oxygens (including phenoxy) is 6. The van der Waals surface area contributed by atoms with Gasteiger partial charge in [-0.1, -0.05) is 24.3 Å². The first-order valence-corrected chi connectivity index (χ1v) is 13.6. The highest BCUT2D eigenvalue weighted by molar-refractivity contribution is 6.04. The van der Waals surface area contributed by atoms with Gasteiger partial charge in [0.25, 0.3) is 0 Å². The molecule has 0 aliphatic carbocycles. The average Bonchev–Trinajstić information content (AvgIpc) is 3.43. The zero-order valence-corrected chi connectivity index (χ0v) is 25.0. The molecule has 1 heterocycles. The average molecular weight is 583 g/mol. The van der Waals surface area contributed by atoms with Gasteiger partial charge in [0.15, 0.2) is 45.8 Å². The summed E-state index contributed by atoms with van der Waals surface area (Å²) in [6.07, 6.45) is 4.76. The van der Waals surface area contributed by atoms with Gasteiger partial charge in [0.1, 0.15) is 5.76 Å². The maximum atomic E-state index is 10.2. The molecule has 222 valence electrons. The lowest BCUT2D eigenvalue weighted by Gasteiger charge is -2.11. The molecule has 0 unspecified atom stereocenters. The Morgan fingerprint density at radius 1 is 0.605 bits per heavy atom. The molecule has 0 radical (unpaired) electrons. The summed E-state index contributed by atoms with van der Waals surface area (Å²) in [7, 11) is 9.58. The molecule has 0 saturated heterocycles. The van der Waals surface area contributed by atoms with E-state index in [0.717, 1.165) is 33.2 Å². The first kappa shape index (κ1) is 29.3. The number of benzene rings is 4. The summed E-state index contributed by atoms with van der Waals surface area (Å²) in [6, 6.07) is 20.7. The third-order valence-electron chi connectivity index (χ3n) is 7.22. The van der Waals surface area contributed by atoms with E-state index in [4.69, 9.17) is 32.8 Å². The fourth-order valence-corrected chi connectivity index (χ4v) is 5.08. The molecule has 0 bridgehead atoms. The van der Waals surface area contributed by atoms with E-state index in [1.807, 2.05) is 48.5 Å². The molecule has 0 aliphatic rings. The fraction of sp³-hybridized carbons (Fsp3) is 0.200. The zero-order valence-electron chi connectivity index (χ0n) is 25.0. The van der Waals surface area contributed by atoms with Crippen LogP contribution in [-0.2, 0) is 6.42 Å². The number of rotatable bonds is 11. The Labute approximate surface area is 250 Å². The van der Waals surface area contributed by atoms with E-state index >= 15 is 0 Å². The summed E-state index contributed by atoms with van der Waals surface area (Å²) < 4.78 is 39.6. The molecule has 4 aromatic carbocycles. The summed E-state index contributed by atoms with van der Waals surface area (Å²) in [5.41, 5.74) is 5.04. The van der Waals surface area contributed by atoms with Crippen LogP contribution < -0.4 is 28.4 Å². The number of methoxy groups -OCH3 is 6. The quantitative estimate of drug-likeness (QED) is 0.169. The highest BCUT2D eigenvalue weighted by atomic mass is 16.5. The smallest absolute Gasteiger partial charge is 0.177 e. The van der Waals surface area contributed by atoms with Gasteiger partial charge in [-0.25, -0.2) is 0 Å². The Bertz CT molecular complexity index is 1780. The molecule has 0 fully saturated rings. The largest absolute Gasteiger partial charge is 0.504 e. The van der Waals surface area contributed by atoms with Gasteiger partial charge in [-0.3, -0.25) is 0 Å². The van der Waals surface area contributed by atoms with Crippen LogP contribution in [-0.4, -0.2) is 47.8 Å². The number of fused-ring (bicyclic) bond motifs is 1. The highest BCUT2D eigenvalue weighted by Crippen LogP contribution is 2.47. The van der Waals surface area contributed by atoms with E-state index in [9.17, 15) is 5.11 Å². The number of phenolic OH excluding ortho intramolecular Hbond substituents is 1. The molecule has 5 aromatic rings. The molecular weight excluding hydrogens is 548 g/mol. The van der Waals surface area contributed by atoms with Gasteiger partial charge in [-0.15, -0.1) is 0 Å². The lowest BCUT2D eigenvalue weighted by Crippen LogP contribution is -1.92. The Morgan fingerprint density at radius 2 is 1.21 bits per heavy atom. The van der Waals surface area contributed by atoms with Crippen LogP contribution in [0.15, 0.2) is 77.2 Å². The molecule has 0 saturated carbocycles. The van der Waals surface area contributed by atoms with Crippen LogP contribution in [0.25, 0.3) is 39.5 Å². The minimum atomic E-state index is 0.0381. The van der Waals surface area contributed by atoms with Gasteiger partial charge in [-0.2, -0.15) is 0 Å². The van der Waals surface area contributed by atoms with Crippen molar-refractivity contribution in [3.8, 4) is 62.7 Å². The summed E-state index contributed by atoms with van der Waals surface area (Å²) in [5.74, 6) is 4.13. The van der Waals surface area contributed by atoms with E-state index in [2.05, 4.69) is 12.1 Å². The minimum Gasteiger partial charge on any atom is -0.504 e. The van der Waals surface area contributed by atoms with Crippen LogP contribution in [0.2, 0.25) is 0 Å². The van der Waals surface area contributed by atoms with Crippen molar-refractivity contribution >= 4 is 17.0 Å². The maximum Gasteiger partial charge on any atom is 0.177 e. The van der Waals surface area contributed by atoms with Crippen LogP contribution >= 0.6 is 0 Å². The molecule has 8 heteroatoms. The van der Waals surface area contributed by atoms with E-state index in [1.165, 1.54) is 7.11 Å². The second-order valence-corrected chi connectivity index (χ2v) is 9.66. The lowest BCUT2D eigenvalue weighted by atomic mass is 9.96. The molecule has 8 nitrogen and oxygen atoms in total.